The Morgan fingerprint density at radius 1 is 1.24 bits per heavy atom. The van der Waals surface area contributed by atoms with Gasteiger partial charge in [-0.05, 0) is 43.1 Å². The first-order chi connectivity index (χ1) is 17.9. The van der Waals surface area contributed by atoms with Crippen LogP contribution >= 0.6 is 0 Å². The summed E-state index contributed by atoms with van der Waals surface area (Å²) in [6.45, 7) is 16.5. The SMILES string of the molecule is Cc1cc2c(c(O)c1-c1cnc3oc(N[C@@H]4C[C@H](O)CN(CCO[Si](C)(C)C(C)(C)C)C4)nc3n1)CCO2. The Kier molecular flexibility index (Phi) is 7.14. The van der Waals surface area contributed by atoms with Gasteiger partial charge in [-0.3, -0.25) is 4.90 Å². The van der Waals surface area contributed by atoms with E-state index in [1.165, 1.54) is 0 Å². The van der Waals surface area contributed by atoms with Crippen molar-refractivity contribution in [1.82, 2.24) is 19.9 Å². The van der Waals surface area contributed by atoms with Crippen molar-refractivity contribution in [2.45, 2.75) is 70.8 Å². The van der Waals surface area contributed by atoms with E-state index in [2.05, 4.69) is 59.0 Å². The van der Waals surface area contributed by atoms with Gasteiger partial charge in [-0.15, -0.1) is 0 Å². The first-order valence-electron chi connectivity index (χ1n) is 13.3. The van der Waals surface area contributed by atoms with Gasteiger partial charge in [-0.2, -0.15) is 4.98 Å². The molecule has 0 unspecified atom stereocenters. The molecule has 0 spiro atoms. The number of rotatable bonds is 7. The van der Waals surface area contributed by atoms with E-state index < -0.39 is 14.4 Å². The molecule has 2 aliphatic heterocycles. The minimum atomic E-state index is -1.81. The summed E-state index contributed by atoms with van der Waals surface area (Å²) < 4.78 is 17.8. The first-order valence-corrected chi connectivity index (χ1v) is 16.3. The van der Waals surface area contributed by atoms with Crippen molar-refractivity contribution in [2.24, 2.45) is 0 Å². The molecule has 0 aliphatic carbocycles. The minimum Gasteiger partial charge on any atom is -0.507 e. The van der Waals surface area contributed by atoms with Crippen LogP contribution in [0.3, 0.4) is 0 Å². The number of hydrogen-bond acceptors (Lipinski definition) is 10. The van der Waals surface area contributed by atoms with Crippen LogP contribution in [0.4, 0.5) is 6.01 Å². The highest BCUT2D eigenvalue weighted by Gasteiger charge is 2.37. The number of anilines is 1. The Labute approximate surface area is 224 Å². The van der Waals surface area contributed by atoms with Crippen LogP contribution < -0.4 is 10.1 Å². The average Bonchev–Trinajstić information content (AvgIpc) is 3.44. The molecule has 5 rings (SSSR count). The van der Waals surface area contributed by atoms with Gasteiger partial charge in [0, 0.05) is 49.8 Å². The monoisotopic (exact) mass is 541 g/mol. The molecule has 0 saturated carbocycles. The molecule has 1 aromatic carbocycles. The van der Waals surface area contributed by atoms with Crippen molar-refractivity contribution in [3.05, 3.63) is 23.4 Å². The third-order valence-corrected chi connectivity index (χ3v) is 12.6. The second-order valence-corrected chi connectivity index (χ2v) is 16.8. The number of likely N-dealkylation sites (tertiary alicyclic amines) is 1. The summed E-state index contributed by atoms with van der Waals surface area (Å²) in [6, 6.07) is 2.20. The predicted molar refractivity (Wildman–Crippen MR) is 148 cm³/mol. The number of aromatic hydroxyl groups is 1. The molecule has 3 N–H and O–H groups in total. The van der Waals surface area contributed by atoms with Gasteiger partial charge in [0.2, 0.25) is 5.65 Å². The Morgan fingerprint density at radius 2 is 2.03 bits per heavy atom. The van der Waals surface area contributed by atoms with Gasteiger partial charge in [-0.1, -0.05) is 20.8 Å². The van der Waals surface area contributed by atoms with Gasteiger partial charge in [0.15, 0.2) is 8.32 Å². The van der Waals surface area contributed by atoms with Crippen molar-refractivity contribution in [3.8, 4) is 22.8 Å². The van der Waals surface area contributed by atoms with Crippen molar-refractivity contribution < 1.29 is 23.8 Å². The largest absolute Gasteiger partial charge is 0.507 e. The predicted octanol–water partition coefficient (Wildman–Crippen LogP) is 4.10. The number of fused-ring (bicyclic) bond motifs is 2. The van der Waals surface area contributed by atoms with Crippen LogP contribution in [0.25, 0.3) is 22.6 Å². The average molecular weight is 542 g/mol. The standard InChI is InChI=1S/C27H39N5O5Si/c1-16-11-21-19(7-9-35-21)23(34)22(16)20-13-28-25-24(30-20)31-26(37-25)29-17-12-18(33)15-32(14-17)8-10-36-38(5,6)27(2,3)4/h11,13,17-18,33-34H,7-10,12,14-15H2,1-6H3,(H,29,30,31)/t17-,18+/m1/s1. The fourth-order valence-corrected chi connectivity index (χ4v) is 5.98. The molecular weight excluding hydrogens is 502 g/mol. The molecule has 11 heteroatoms. The first kappa shape index (κ1) is 26.9. The molecule has 2 aromatic heterocycles. The van der Waals surface area contributed by atoms with E-state index in [0.29, 0.717) is 61.2 Å². The van der Waals surface area contributed by atoms with Crippen LogP contribution in [0.2, 0.25) is 18.1 Å². The zero-order valence-electron chi connectivity index (χ0n) is 23.2. The van der Waals surface area contributed by atoms with Crippen LogP contribution in [0.15, 0.2) is 16.7 Å². The van der Waals surface area contributed by atoms with Crippen molar-refractivity contribution in [2.75, 3.05) is 38.2 Å². The van der Waals surface area contributed by atoms with E-state index in [1.54, 1.807) is 6.20 Å². The molecule has 38 heavy (non-hydrogen) atoms. The molecule has 2 aliphatic rings. The number of nitrogens with zero attached hydrogens (tertiary/aromatic N) is 4. The van der Waals surface area contributed by atoms with E-state index in [0.717, 1.165) is 30.0 Å². The Balaban J connectivity index is 1.27. The van der Waals surface area contributed by atoms with E-state index in [9.17, 15) is 10.2 Å². The summed E-state index contributed by atoms with van der Waals surface area (Å²) in [4.78, 5) is 15.8. The van der Waals surface area contributed by atoms with Gasteiger partial charge in [-0.25, -0.2) is 9.97 Å². The molecule has 10 nitrogen and oxygen atoms in total. The fraction of sp³-hybridized carbons (Fsp3) is 0.593. The number of piperidine rings is 1. The van der Waals surface area contributed by atoms with E-state index in [4.69, 9.17) is 13.6 Å². The molecular formula is C27H39N5O5Si. The van der Waals surface area contributed by atoms with Gasteiger partial charge in [0.05, 0.1) is 24.6 Å². The van der Waals surface area contributed by atoms with E-state index in [1.807, 2.05) is 13.0 Å². The zero-order valence-corrected chi connectivity index (χ0v) is 24.2. The number of nitrogens with one attached hydrogen (secondary N) is 1. The second-order valence-electron chi connectivity index (χ2n) is 12.0. The number of aliphatic hydroxyl groups excluding tert-OH is 1. The zero-order chi connectivity index (χ0) is 27.2. The Bertz CT molecular complexity index is 1320. The van der Waals surface area contributed by atoms with Gasteiger partial charge in [0.1, 0.15) is 11.5 Å². The number of phenolic OH excluding ortho intramolecular Hbond substituents is 1. The molecule has 4 heterocycles. The smallest absolute Gasteiger partial charge is 0.298 e. The van der Waals surface area contributed by atoms with Gasteiger partial charge < -0.3 is 29.1 Å². The summed E-state index contributed by atoms with van der Waals surface area (Å²) in [6.07, 6.45) is 2.40. The summed E-state index contributed by atoms with van der Waals surface area (Å²) in [5.74, 6) is 0.905. The van der Waals surface area contributed by atoms with Crippen LogP contribution in [0, 0.1) is 6.92 Å². The number of aryl methyl sites for hydroxylation is 1. The molecule has 3 aromatic rings. The normalized spacial score (nSPS) is 20.5. The van der Waals surface area contributed by atoms with Crippen LogP contribution in [0.5, 0.6) is 11.5 Å². The highest BCUT2D eigenvalue weighted by molar-refractivity contribution is 6.74. The fourth-order valence-electron chi connectivity index (χ4n) is 4.94. The number of hydrogen-bond donors (Lipinski definition) is 3. The third-order valence-electron chi connectivity index (χ3n) is 8.06. The number of phenols is 1. The summed E-state index contributed by atoms with van der Waals surface area (Å²) >= 11 is 0. The Morgan fingerprint density at radius 3 is 2.79 bits per heavy atom. The van der Waals surface area contributed by atoms with E-state index >= 15 is 0 Å². The molecule has 0 bridgehead atoms. The summed E-state index contributed by atoms with van der Waals surface area (Å²) in [7, 11) is -1.81. The maximum atomic E-state index is 10.9. The molecule has 0 radical (unpaired) electrons. The topological polar surface area (TPSA) is 126 Å². The van der Waals surface area contributed by atoms with Gasteiger partial charge >= 0.3 is 0 Å². The van der Waals surface area contributed by atoms with Crippen LogP contribution in [0.1, 0.15) is 38.3 Å². The number of oxazole rings is 1. The summed E-state index contributed by atoms with van der Waals surface area (Å²) in [5.41, 5.74) is 3.48. The lowest BCUT2D eigenvalue weighted by Crippen LogP contribution is -2.50. The van der Waals surface area contributed by atoms with Crippen LogP contribution in [-0.2, 0) is 10.8 Å². The second kappa shape index (κ2) is 10.1. The number of ether oxygens (including phenoxy) is 1. The molecule has 1 fully saturated rings. The maximum absolute atomic E-state index is 10.9. The highest BCUT2D eigenvalue weighted by Crippen LogP contribution is 2.42. The lowest BCUT2D eigenvalue weighted by Gasteiger charge is -2.39. The van der Waals surface area contributed by atoms with Crippen molar-refractivity contribution >= 4 is 25.7 Å². The number of aromatic nitrogens is 3. The maximum Gasteiger partial charge on any atom is 0.298 e. The number of β-amino-alcohol motifs (C(OH)–C–C–N with tert-alkyl or cyclic N) is 1. The highest BCUT2D eigenvalue weighted by atomic mass is 28.4. The number of aliphatic hydroxyl groups is 1. The molecule has 1 saturated heterocycles. The van der Waals surface area contributed by atoms with Crippen molar-refractivity contribution in [3.63, 3.8) is 0 Å². The molecule has 0 amide bonds. The Hall–Kier alpha value is -2.73. The van der Waals surface area contributed by atoms with E-state index in [-0.39, 0.29) is 16.8 Å². The summed E-state index contributed by atoms with van der Waals surface area (Å²) in [5, 5.41) is 24.9. The van der Waals surface area contributed by atoms with Crippen molar-refractivity contribution in [1.29, 1.82) is 0 Å². The minimum absolute atomic E-state index is 0.0397. The quantitative estimate of drug-likeness (QED) is 0.376. The third kappa shape index (κ3) is 5.38. The molecule has 2 atom stereocenters. The lowest BCUT2D eigenvalue weighted by atomic mass is 9.99. The van der Waals surface area contributed by atoms with Gasteiger partial charge in [0.25, 0.3) is 11.7 Å². The van der Waals surface area contributed by atoms with Crippen LogP contribution in [-0.4, -0.2) is 83.4 Å². The lowest BCUT2D eigenvalue weighted by molar-refractivity contribution is 0.0556. The molecule has 206 valence electrons. The number of benzene rings is 1.